The van der Waals surface area contributed by atoms with Crippen LogP contribution < -0.4 is 5.73 Å². The molecule has 0 spiro atoms. The molecule has 20 heavy (non-hydrogen) atoms. The number of rotatable bonds is 5. The number of esters is 1. The average Bonchev–Trinajstić information content (AvgIpc) is 2.29. The first-order chi connectivity index (χ1) is 9.19. The van der Waals surface area contributed by atoms with E-state index in [1.165, 1.54) is 18.2 Å². The Morgan fingerprint density at radius 1 is 1.40 bits per heavy atom. The van der Waals surface area contributed by atoms with Crippen molar-refractivity contribution in [3.05, 3.63) is 23.8 Å². The highest BCUT2D eigenvalue weighted by Gasteiger charge is 2.17. The van der Waals surface area contributed by atoms with E-state index in [4.69, 9.17) is 10.5 Å². The minimum atomic E-state index is -0.530. The summed E-state index contributed by atoms with van der Waals surface area (Å²) in [6, 6.07) is 4.36. The highest BCUT2D eigenvalue weighted by molar-refractivity contribution is 5.93. The SMILES string of the molecule is CC(CCOC(=O)c1cc(N)ccc1O)CC(C)(C)C. The molecular weight excluding hydrogens is 254 g/mol. The van der Waals surface area contributed by atoms with Crippen LogP contribution in [0.15, 0.2) is 18.2 Å². The lowest BCUT2D eigenvalue weighted by Crippen LogP contribution is -2.14. The molecule has 0 fully saturated rings. The average molecular weight is 279 g/mol. The highest BCUT2D eigenvalue weighted by Crippen LogP contribution is 2.26. The van der Waals surface area contributed by atoms with Crippen LogP contribution in [0.2, 0.25) is 0 Å². The number of nitrogen functional groups attached to an aromatic ring is 1. The van der Waals surface area contributed by atoms with Crippen LogP contribution in [0.25, 0.3) is 0 Å². The lowest BCUT2D eigenvalue weighted by atomic mass is 9.84. The summed E-state index contributed by atoms with van der Waals surface area (Å²) in [5, 5.41) is 9.61. The van der Waals surface area contributed by atoms with Gasteiger partial charge in [-0.1, -0.05) is 27.7 Å². The van der Waals surface area contributed by atoms with Crippen LogP contribution in [0, 0.1) is 11.3 Å². The lowest BCUT2D eigenvalue weighted by molar-refractivity contribution is 0.0475. The molecule has 0 aliphatic heterocycles. The summed E-state index contributed by atoms with van der Waals surface area (Å²) in [5.74, 6) is -0.151. The number of phenolic OH excluding ortho intramolecular Hbond substituents is 1. The Morgan fingerprint density at radius 3 is 2.65 bits per heavy atom. The molecule has 4 nitrogen and oxygen atoms in total. The standard InChI is InChI=1S/C16H25NO3/c1-11(10-16(2,3)4)7-8-20-15(19)13-9-12(17)5-6-14(13)18/h5-6,9,11,18H,7-8,10,17H2,1-4H3. The van der Waals surface area contributed by atoms with Gasteiger partial charge in [0.1, 0.15) is 11.3 Å². The van der Waals surface area contributed by atoms with Crippen molar-refractivity contribution in [3.8, 4) is 5.75 Å². The number of ether oxygens (including phenoxy) is 1. The lowest BCUT2D eigenvalue weighted by Gasteiger charge is -2.23. The van der Waals surface area contributed by atoms with Gasteiger partial charge in [0.05, 0.1) is 6.61 Å². The number of hydrogen-bond donors (Lipinski definition) is 2. The van der Waals surface area contributed by atoms with E-state index in [-0.39, 0.29) is 16.7 Å². The topological polar surface area (TPSA) is 72.5 Å². The summed E-state index contributed by atoms with van der Waals surface area (Å²) in [4.78, 5) is 11.8. The van der Waals surface area contributed by atoms with Gasteiger partial charge in [0.25, 0.3) is 0 Å². The summed E-state index contributed by atoms with van der Waals surface area (Å²) in [7, 11) is 0. The molecule has 0 radical (unpaired) electrons. The molecule has 1 rings (SSSR count). The molecule has 3 N–H and O–H groups in total. The van der Waals surface area contributed by atoms with E-state index < -0.39 is 5.97 Å². The molecule has 0 heterocycles. The molecule has 112 valence electrons. The van der Waals surface area contributed by atoms with Crippen molar-refractivity contribution in [1.29, 1.82) is 0 Å². The summed E-state index contributed by atoms with van der Waals surface area (Å²) < 4.78 is 5.19. The molecule has 1 unspecified atom stereocenters. The summed E-state index contributed by atoms with van der Waals surface area (Å²) >= 11 is 0. The third kappa shape index (κ3) is 5.51. The second-order valence-electron chi connectivity index (χ2n) is 6.57. The Labute approximate surface area is 120 Å². The minimum Gasteiger partial charge on any atom is -0.507 e. The fourth-order valence-corrected chi connectivity index (χ4v) is 2.30. The number of hydrogen-bond acceptors (Lipinski definition) is 4. The number of benzene rings is 1. The molecule has 0 aliphatic rings. The Bertz CT molecular complexity index is 463. The predicted molar refractivity (Wildman–Crippen MR) is 80.7 cm³/mol. The molecule has 1 aromatic rings. The van der Waals surface area contributed by atoms with Crippen LogP contribution in [0.3, 0.4) is 0 Å². The molecule has 0 bridgehead atoms. The molecule has 0 saturated heterocycles. The largest absolute Gasteiger partial charge is 0.507 e. The number of aromatic hydroxyl groups is 1. The van der Waals surface area contributed by atoms with Crippen molar-refractivity contribution >= 4 is 11.7 Å². The molecular formula is C16H25NO3. The fourth-order valence-electron chi connectivity index (χ4n) is 2.30. The first-order valence-corrected chi connectivity index (χ1v) is 6.94. The van der Waals surface area contributed by atoms with Crippen molar-refractivity contribution in [2.45, 2.75) is 40.5 Å². The predicted octanol–water partition coefficient (Wildman–Crippen LogP) is 3.59. The molecule has 0 saturated carbocycles. The summed E-state index contributed by atoms with van der Waals surface area (Å²) in [5.41, 5.74) is 6.41. The third-order valence-electron chi connectivity index (χ3n) is 3.05. The van der Waals surface area contributed by atoms with Crippen LogP contribution in [-0.4, -0.2) is 17.7 Å². The Morgan fingerprint density at radius 2 is 2.05 bits per heavy atom. The maximum absolute atomic E-state index is 11.8. The first kappa shape index (κ1) is 16.3. The second kappa shape index (κ2) is 6.64. The first-order valence-electron chi connectivity index (χ1n) is 6.94. The van der Waals surface area contributed by atoms with Crippen LogP contribution >= 0.6 is 0 Å². The van der Waals surface area contributed by atoms with Gasteiger partial charge in [0.15, 0.2) is 0 Å². The summed E-state index contributed by atoms with van der Waals surface area (Å²) in [6.45, 7) is 9.09. The number of carbonyl (C=O) groups excluding carboxylic acids is 1. The molecule has 4 heteroatoms. The quantitative estimate of drug-likeness (QED) is 0.491. The molecule has 0 aliphatic carbocycles. The van der Waals surface area contributed by atoms with Gasteiger partial charge in [-0.05, 0) is 42.4 Å². The molecule has 1 atom stereocenters. The zero-order valence-electron chi connectivity index (χ0n) is 12.8. The van der Waals surface area contributed by atoms with Crippen LogP contribution in [0.1, 0.15) is 50.9 Å². The van der Waals surface area contributed by atoms with Gasteiger partial charge in [-0.2, -0.15) is 0 Å². The maximum atomic E-state index is 11.8. The van der Waals surface area contributed by atoms with Crippen molar-refractivity contribution in [2.75, 3.05) is 12.3 Å². The zero-order chi connectivity index (χ0) is 15.3. The van der Waals surface area contributed by atoms with Crippen molar-refractivity contribution in [1.82, 2.24) is 0 Å². The van der Waals surface area contributed by atoms with Crippen LogP contribution in [0.5, 0.6) is 5.75 Å². The van der Waals surface area contributed by atoms with E-state index in [1.54, 1.807) is 0 Å². The van der Waals surface area contributed by atoms with E-state index in [0.29, 0.717) is 18.2 Å². The van der Waals surface area contributed by atoms with Crippen molar-refractivity contribution in [3.63, 3.8) is 0 Å². The van der Waals surface area contributed by atoms with Crippen LogP contribution in [0.4, 0.5) is 5.69 Å². The number of carbonyl (C=O) groups is 1. The van der Waals surface area contributed by atoms with Gasteiger partial charge < -0.3 is 15.6 Å². The number of nitrogens with two attached hydrogens (primary N) is 1. The molecule has 0 aromatic heterocycles. The second-order valence-corrected chi connectivity index (χ2v) is 6.57. The normalized spacial score (nSPS) is 13.0. The van der Waals surface area contributed by atoms with Crippen molar-refractivity contribution in [2.24, 2.45) is 11.3 Å². The summed E-state index contributed by atoms with van der Waals surface area (Å²) in [6.07, 6.45) is 1.89. The van der Waals surface area contributed by atoms with E-state index in [2.05, 4.69) is 27.7 Å². The van der Waals surface area contributed by atoms with Gasteiger partial charge in [-0.3, -0.25) is 0 Å². The molecule has 0 amide bonds. The number of phenols is 1. The third-order valence-corrected chi connectivity index (χ3v) is 3.05. The zero-order valence-corrected chi connectivity index (χ0v) is 12.8. The van der Waals surface area contributed by atoms with Crippen LogP contribution in [-0.2, 0) is 4.74 Å². The van der Waals surface area contributed by atoms with Gasteiger partial charge in [0.2, 0.25) is 0 Å². The van der Waals surface area contributed by atoms with Gasteiger partial charge in [-0.15, -0.1) is 0 Å². The number of anilines is 1. The molecule has 1 aromatic carbocycles. The van der Waals surface area contributed by atoms with Gasteiger partial charge >= 0.3 is 5.97 Å². The Balaban J connectivity index is 2.46. The van der Waals surface area contributed by atoms with Gasteiger partial charge in [-0.25, -0.2) is 4.79 Å². The smallest absolute Gasteiger partial charge is 0.341 e. The van der Waals surface area contributed by atoms with E-state index in [0.717, 1.165) is 12.8 Å². The maximum Gasteiger partial charge on any atom is 0.341 e. The van der Waals surface area contributed by atoms with Crippen molar-refractivity contribution < 1.29 is 14.6 Å². The fraction of sp³-hybridized carbons (Fsp3) is 0.562. The highest BCUT2D eigenvalue weighted by atomic mass is 16.5. The van der Waals surface area contributed by atoms with E-state index in [1.807, 2.05) is 0 Å². The minimum absolute atomic E-state index is 0.105. The Kier molecular flexibility index (Phi) is 5.43. The van der Waals surface area contributed by atoms with E-state index >= 15 is 0 Å². The monoisotopic (exact) mass is 279 g/mol. The Hall–Kier alpha value is -1.71. The van der Waals surface area contributed by atoms with E-state index in [9.17, 15) is 9.90 Å². The van der Waals surface area contributed by atoms with Gasteiger partial charge in [0, 0.05) is 5.69 Å².